The topological polar surface area (TPSA) is 92.1 Å². The molecule has 3 aliphatic rings. The van der Waals surface area contributed by atoms with E-state index in [0.717, 1.165) is 42.1 Å². The predicted octanol–water partition coefficient (Wildman–Crippen LogP) is 3.42. The summed E-state index contributed by atoms with van der Waals surface area (Å²) in [5, 5.41) is 23.3. The number of ether oxygens (including phenoxy) is 1. The Hall–Kier alpha value is -2.45. The summed E-state index contributed by atoms with van der Waals surface area (Å²) >= 11 is 0. The molecule has 8 heteroatoms. The highest BCUT2D eigenvalue weighted by molar-refractivity contribution is 5.83. The van der Waals surface area contributed by atoms with Crippen LogP contribution in [0, 0.1) is 11.3 Å². The molecule has 0 aromatic carbocycles. The van der Waals surface area contributed by atoms with Crippen molar-refractivity contribution >= 4 is 16.9 Å². The highest BCUT2D eigenvalue weighted by Gasteiger charge is 2.45. The molecule has 8 nitrogen and oxygen atoms in total. The van der Waals surface area contributed by atoms with Crippen LogP contribution < -0.4 is 4.90 Å². The van der Waals surface area contributed by atoms with Gasteiger partial charge in [0.1, 0.15) is 5.82 Å². The first-order valence-corrected chi connectivity index (χ1v) is 12.0. The van der Waals surface area contributed by atoms with Gasteiger partial charge in [0.05, 0.1) is 31.6 Å². The van der Waals surface area contributed by atoms with E-state index in [4.69, 9.17) is 9.72 Å². The number of aliphatic hydroxyl groups is 1. The Morgan fingerprint density at radius 1 is 1.31 bits per heavy atom. The zero-order valence-electron chi connectivity index (χ0n) is 18.7. The fourth-order valence-electron chi connectivity index (χ4n) is 6.31. The van der Waals surface area contributed by atoms with Crippen molar-refractivity contribution in [2.24, 2.45) is 11.3 Å². The number of fused-ring (bicyclic) bond motifs is 1. The van der Waals surface area contributed by atoms with Crippen molar-refractivity contribution in [1.82, 2.24) is 25.0 Å². The minimum Gasteiger partial charge on any atom is -0.396 e. The van der Waals surface area contributed by atoms with Gasteiger partial charge in [-0.2, -0.15) is 14.9 Å². The zero-order valence-corrected chi connectivity index (χ0v) is 18.7. The van der Waals surface area contributed by atoms with Crippen LogP contribution in [0.25, 0.3) is 16.9 Å². The average molecular weight is 437 g/mol. The first-order chi connectivity index (χ1) is 15.7. The highest BCUT2D eigenvalue weighted by atomic mass is 16.5. The molecule has 1 spiro atoms. The van der Waals surface area contributed by atoms with Gasteiger partial charge in [-0.05, 0) is 67.9 Å². The molecule has 2 N–H and O–H groups in total. The van der Waals surface area contributed by atoms with Crippen LogP contribution in [0.15, 0.2) is 24.5 Å². The number of hydrogen-bond donors (Lipinski definition) is 2. The Balaban J connectivity index is 1.47. The van der Waals surface area contributed by atoms with E-state index in [1.807, 2.05) is 16.9 Å². The molecular weight excluding hydrogens is 404 g/mol. The van der Waals surface area contributed by atoms with E-state index in [1.54, 1.807) is 6.20 Å². The minimum absolute atomic E-state index is 0.244. The Morgan fingerprint density at radius 2 is 2.22 bits per heavy atom. The molecule has 3 aromatic heterocycles. The van der Waals surface area contributed by atoms with Crippen LogP contribution in [0.4, 0.5) is 5.82 Å². The third kappa shape index (κ3) is 3.23. The number of morpholine rings is 1. The molecule has 0 radical (unpaired) electrons. The van der Waals surface area contributed by atoms with Gasteiger partial charge in [-0.15, -0.1) is 0 Å². The summed E-state index contributed by atoms with van der Waals surface area (Å²) in [7, 11) is 0. The molecule has 1 saturated heterocycles. The Labute approximate surface area is 188 Å². The SMILES string of the molecule is C[C@@H]1COCCN1c1cc(C2CCC3(CCC3)CC2CO)c2cnn(-c3ccn[nH]3)c2n1. The summed E-state index contributed by atoms with van der Waals surface area (Å²) in [5.74, 6) is 2.40. The van der Waals surface area contributed by atoms with E-state index in [0.29, 0.717) is 30.5 Å². The van der Waals surface area contributed by atoms with Crippen molar-refractivity contribution in [3.8, 4) is 5.82 Å². The minimum atomic E-state index is 0.244. The predicted molar refractivity (Wildman–Crippen MR) is 122 cm³/mol. The van der Waals surface area contributed by atoms with Gasteiger partial charge in [0, 0.05) is 24.6 Å². The number of pyridine rings is 1. The van der Waals surface area contributed by atoms with Crippen molar-refractivity contribution in [2.75, 3.05) is 31.3 Å². The number of aromatic amines is 1. The zero-order chi connectivity index (χ0) is 21.7. The highest BCUT2D eigenvalue weighted by Crippen LogP contribution is 2.57. The number of anilines is 1. The summed E-state index contributed by atoms with van der Waals surface area (Å²) in [5.41, 5.74) is 2.61. The Kier molecular flexibility index (Phi) is 4.95. The number of nitrogens with zero attached hydrogens (tertiary/aromatic N) is 5. The van der Waals surface area contributed by atoms with Crippen LogP contribution in [-0.2, 0) is 4.74 Å². The average Bonchev–Trinajstić information content (AvgIpc) is 3.47. The van der Waals surface area contributed by atoms with Crippen molar-refractivity contribution in [2.45, 2.75) is 57.4 Å². The second-order valence-electron chi connectivity index (χ2n) is 10.1. The van der Waals surface area contributed by atoms with E-state index < -0.39 is 0 Å². The molecular formula is C24H32N6O2. The first kappa shape index (κ1) is 20.2. The number of aliphatic hydroxyl groups excluding tert-OH is 1. The molecule has 0 bridgehead atoms. The summed E-state index contributed by atoms with van der Waals surface area (Å²) in [6.45, 7) is 4.68. The van der Waals surface area contributed by atoms with Crippen LogP contribution in [-0.4, -0.2) is 62.5 Å². The number of rotatable bonds is 4. The normalized spacial score (nSPS) is 27.7. The molecule has 2 unspecified atom stereocenters. The quantitative estimate of drug-likeness (QED) is 0.651. The number of hydrogen-bond acceptors (Lipinski definition) is 6. The van der Waals surface area contributed by atoms with Gasteiger partial charge in [-0.3, -0.25) is 5.10 Å². The number of nitrogens with one attached hydrogen (secondary N) is 1. The third-order valence-corrected chi connectivity index (χ3v) is 8.23. The lowest BCUT2D eigenvalue weighted by Crippen LogP contribution is -2.44. The molecule has 2 saturated carbocycles. The van der Waals surface area contributed by atoms with Crippen molar-refractivity contribution in [3.63, 3.8) is 0 Å². The van der Waals surface area contributed by atoms with Gasteiger partial charge in [-0.25, -0.2) is 4.98 Å². The molecule has 3 atom stereocenters. The molecule has 170 valence electrons. The third-order valence-electron chi connectivity index (χ3n) is 8.23. The van der Waals surface area contributed by atoms with Crippen molar-refractivity contribution in [1.29, 1.82) is 0 Å². The van der Waals surface area contributed by atoms with E-state index in [2.05, 4.69) is 33.2 Å². The number of aromatic nitrogens is 5. The molecule has 32 heavy (non-hydrogen) atoms. The van der Waals surface area contributed by atoms with Gasteiger partial charge in [0.25, 0.3) is 0 Å². The summed E-state index contributed by atoms with van der Waals surface area (Å²) in [6, 6.07) is 4.45. The van der Waals surface area contributed by atoms with E-state index in [9.17, 15) is 5.11 Å². The van der Waals surface area contributed by atoms with Crippen molar-refractivity contribution in [3.05, 3.63) is 30.1 Å². The van der Waals surface area contributed by atoms with Crippen LogP contribution >= 0.6 is 0 Å². The standard InChI is InChI=1S/C24H32N6O2/c1-16-15-32-10-9-29(16)22-11-19(18-3-7-24(5-2-6-24)12-17(18)14-31)20-13-26-30(23(20)27-22)21-4-8-25-28-21/h4,8,11,13,16-18,31H,2-3,5-7,9-10,12,14-15H2,1H3,(H,25,28)/t16-,17?,18?/m1/s1. The monoisotopic (exact) mass is 436 g/mol. The molecule has 2 aliphatic carbocycles. The molecule has 1 aliphatic heterocycles. The Morgan fingerprint density at radius 3 is 2.94 bits per heavy atom. The smallest absolute Gasteiger partial charge is 0.167 e. The molecule has 3 aromatic rings. The van der Waals surface area contributed by atoms with Crippen molar-refractivity contribution < 1.29 is 9.84 Å². The lowest BCUT2D eigenvalue weighted by atomic mass is 9.55. The van der Waals surface area contributed by atoms with Crippen LogP contribution in [0.2, 0.25) is 0 Å². The second kappa shape index (κ2) is 7.85. The lowest BCUT2D eigenvalue weighted by Gasteiger charge is -2.50. The summed E-state index contributed by atoms with van der Waals surface area (Å²) in [6.07, 6.45) is 11.2. The Bertz CT molecular complexity index is 1090. The molecule has 3 fully saturated rings. The first-order valence-electron chi connectivity index (χ1n) is 12.0. The van der Waals surface area contributed by atoms with Crippen LogP contribution in [0.5, 0.6) is 0 Å². The maximum atomic E-state index is 10.4. The van der Waals surface area contributed by atoms with E-state index >= 15 is 0 Å². The van der Waals surface area contributed by atoms with Gasteiger partial charge in [0.15, 0.2) is 11.5 Å². The largest absolute Gasteiger partial charge is 0.396 e. The molecule has 6 rings (SSSR count). The fourth-order valence-corrected chi connectivity index (χ4v) is 6.31. The van der Waals surface area contributed by atoms with E-state index in [1.165, 1.54) is 31.2 Å². The van der Waals surface area contributed by atoms with Crippen LogP contribution in [0.1, 0.15) is 56.9 Å². The lowest BCUT2D eigenvalue weighted by molar-refractivity contribution is 0.0151. The van der Waals surface area contributed by atoms with Gasteiger partial charge >= 0.3 is 0 Å². The number of H-pyrrole nitrogens is 1. The maximum Gasteiger partial charge on any atom is 0.167 e. The maximum absolute atomic E-state index is 10.4. The van der Waals surface area contributed by atoms with E-state index in [-0.39, 0.29) is 12.6 Å². The van der Waals surface area contributed by atoms with Crippen LogP contribution in [0.3, 0.4) is 0 Å². The van der Waals surface area contributed by atoms with Gasteiger partial charge in [0.2, 0.25) is 0 Å². The van der Waals surface area contributed by atoms with Gasteiger partial charge < -0.3 is 14.7 Å². The summed E-state index contributed by atoms with van der Waals surface area (Å²) in [4.78, 5) is 7.44. The van der Waals surface area contributed by atoms with Gasteiger partial charge in [-0.1, -0.05) is 6.42 Å². The second-order valence-corrected chi connectivity index (χ2v) is 10.1. The molecule has 0 amide bonds. The summed E-state index contributed by atoms with van der Waals surface area (Å²) < 4.78 is 7.53. The molecule has 4 heterocycles. The fraction of sp³-hybridized carbons (Fsp3) is 0.625.